The van der Waals surface area contributed by atoms with Crippen LogP contribution in [0, 0.1) is 17.1 Å². The molecule has 0 radical (unpaired) electrons. The third kappa shape index (κ3) is 4.51. The third-order valence-corrected chi connectivity index (χ3v) is 4.45. The van der Waals surface area contributed by atoms with E-state index in [1.165, 1.54) is 13.2 Å². The second kappa shape index (κ2) is 9.07. The molecule has 0 atom stereocenters. The molecular weight excluding hydrogens is 377 g/mol. The van der Waals surface area contributed by atoms with Gasteiger partial charge in [-0.2, -0.15) is 5.26 Å². The SMILES string of the molecule is COc1cc(C=C(C#N)c2ccccc2Cl)ccc1OCc1ccccc1F. The van der Waals surface area contributed by atoms with Crippen LogP contribution in [0.1, 0.15) is 16.7 Å². The average molecular weight is 394 g/mol. The molecule has 0 aromatic heterocycles. The molecule has 3 aromatic rings. The lowest BCUT2D eigenvalue weighted by atomic mass is 10.0. The molecule has 28 heavy (non-hydrogen) atoms. The van der Waals surface area contributed by atoms with E-state index in [-0.39, 0.29) is 12.4 Å². The van der Waals surface area contributed by atoms with E-state index in [1.54, 1.807) is 54.6 Å². The van der Waals surface area contributed by atoms with Crippen molar-refractivity contribution in [1.82, 2.24) is 0 Å². The van der Waals surface area contributed by atoms with Gasteiger partial charge in [0.1, 0.15) is 12.4 Å². The molecule has 0 saturated carbocycles. The summed E-state index contributed by atoms with van der Waals surface area (Å²) in [6, 6.07) is 21.1. The monoisotopic (exact) mass is 393 g/mol. The van der Waals surface area contributed by atoms with Gasteiger partial charge in [0.15, 0.2) is 11.5 Å². The number of ether oxygens (including phenoxy) is 2. The highest BCUT2D eigenvalue weighted by molar-refractivity contribution is 6.32. The molecule has 0 bridgehead atoms. The van der Waals surface area contributed by atoms with Crippen molar-refractivity contribution in [1.29, 1.82) is 5.26 Å². The Hall–Kier alpha value is -3.29. The van der Waals surface area contributed by atoms with Crippen LogP contribution in [0.5, 0.6) is 11.5 Å². The van der Waals surface area contributed by atoms with Crippen molar-refractivity contribution in [3.8, 4) is 17.6 Å². The molecule has 0 unspecified atom stereocenters. The zero-order chi connectivity index (χ0) is 19.9. The van der Waals surface area contributed by atoms with E-state index in [2.05, 4.69) is 6.07 Å². The van der Waals surface area contributed by atoms with E-state index < -0.39 is 0 Å². The number of hydrogen-bond donors (Lipinski definition) is 0. The maximum Gasteiger partial charge on any atom is 0.161 e. The van der Waals surface area contributed by atoms with Gasteiger partial charge in [0.05, 0.1) is 18.8 Å². The molecule has 3 rings (SSSR count). The lowest BCUT2D eigenvalue weighted by Gasteiger charge is -2.12. The Morgan fingerprint density at radius 2 is 1.82 bits per heavy atom. The number of nitrogens with zero attached hydrogens (tertiary/aromatic N) is 1. The van der Waals surface area contributed by atoms with Gasteiger partial charge in [-0.05, 0) is 35.9 Å². The van der Waals surface area contributed by atoms with Gasteiger partial charge in [-0.1, -0.05) is 54.1 Å². The molecule has 0 amide bonds. The highest BCUT2D eigenvalue weighted by atomic mass is 35.5. The van der Waals surface area contributed by atoms with E-state index in [1.807, 2.05) is 12.1 Å². The van der Waals surface area contributed by atoms with Gasteiger partial charge in [-0.3, -0.25) is 0 Å². The number of nitriles is 1. The number of rotatable bonds is 6. The fraction of sp³-hybridized carbons (Fsp3) is 0.0870. The van der Waals surface area contributed by atoms with Crippen LogP contribution in [0.15, 0.2) is 66.7 Å². The summed E-state index contributed by atoms with van der Waals surface area (Å²) in [6.45, 7) is 0.0846. The Balaban J connectivity index is 1.86. The maximum atomic E-state index is 13.8. The van der Waals surface area contributed by atoms with Gasteiger partial charge in [0.25, 0.3) is 0 Å². The molecule has 0 N–H and O–H groups in total. The molecule has 0 spiro atoms. The van der Waals surface area contributed by atoms with E-state index in [9.17, 15) is 9.65 Å². The second-order valence-electron chi connectivity index (χ2n) is 5.94. The van der Waals surface area contributed by atoms with Crippen molar-refractivity contribution in [2.45, 2.75) is 6.61 Å². The van der Waals surface area contributed by atoms with Gasteiger partial charge in [0.2, 0.25) is 0 Å². The van der Waals surface area contributed by atoms with Crippen LogP contribution in [0.4, 0.5) is 4.39 Å². The summed E-state index contributed by atoms with van der Waals surface area (Å²) in [4.78, 5) is 0. The summed E-state index contributed by atoms with van der Waals surface area (Å²) in [5, 5.41) is 10.0. The van der Waals surface area contributed by atoms with Crippen molar-refractivity contribution in [2.75, 3.05) is 7.11 Å². The first-order valence-electron chi connectivity index (χ1n) is 8.53. The predicted molar refractivity (Wildman–Crippen MR) is 109 cm³/mol. The normalized spacial score (nSPS) is 11.0. The van der Waals surface area contributed by atoms with Crippen LogP contribution >= 0.6 is 11.6 Å². The Morgan fingerprint density at radius 3 is 2.54 bits per heavy atom. The van der Waals surface area contributed by atoms with Gasteiger partial charge >= 0.3 is 0 Å². The van der Waals surface area contributed by atoms with Crippen molar-refractivity contribution < 1.29 is 13.9 Å². The average Bonchev–Trinajstić information content (AvgIpc) is 2.72. The molecule has 0 heterocycles. The number of allylic oxidation sites excluding steroid dienone is 1. The Kier molecular flexibility index (Phi) is 6.31. The molecule has 0 aliphatic rings. The van der Waals surface area contributed by atoms with Crippen LogP contribution in [0.25, 0.3) is 11.6 Å². The van der Waals surface area contributed by atoms with Crippen molar-refractivity contribution >= 4 is 23.3 Å². The minimum Gasteiger partial charge on any atom is -0.493 e. The molecule has 0 aliphatic carbocycles. The highest BCUT2D eigenvalue weighted by Crippen LogP contribution is 2.31. The van der Waals surface area contributed by atoms with Crippen LogP contribution in [-0.2, 0) is 6.61 Å². The van der Waals surface area contributed by atoms with E-state index in [4.69, 9.17) is 21.1 Å². The summed E-state index contributed by atoms with van der Waals surface area (Å²) in [6.07, 6.45) is 1.73. The standard InChI is InChI=1S/C23H17ClFNO2/c1-27-23-13-16(12-18(14-26)19-7-3-4-8-20(19)24)10-11-22(23)28-15-17-6-2-5-9-21(17)25/h2-13H,15H2,1H3. The number of methoxy groups -OCH3 is 1. The largest absolute Gasteiger partial charge is 0.493 e. The first kappa shape index (κ1) is 19.5. The van der Waals surface area contributed by atoms with Gasteiger partial charge < -0.3 is 9.47 Å². The molecule has 3 aromatic carbocycles. The predicted octanol–water partition coefficient (Wildman–Crippen LogP) is 6.13. The van der Waals surface area contributed by atoms with Gasteiger partial charge in [0, 0.05) is 16.1 Å². The minimum atomic E-state index is -0.320. The number of halogens is 2. The van der Waals surface area contributed by atoms with Gasteiger partial charge in [-0.25, -0.2) is 4.39 Å². The molecule has 5 heteroatoms. The van der Waals surface area contributed by atoms with Crippen molar-refractivity contribution in [3.05, 3.63) is 94.3 Å². The summed E-state index contributed by atoms with van der Waals surface area (Å²) in [7, 11) is 1.53. The first-order chi connectivity index (χ1) is 13.6. The first-order valence-corrected chi connectivity index (χ1v) is 8.91. The summed E-state index contributed by atoms with van der Waals surface area (Å²) >= 11 is 6.19. The van der Waals surface area contributed by atoms with Crippen molar-refractivity contribution in [2.24, 2.45) is 0 Å². The molecule has 0 aliphatic heterocycles. The highest BCUT2D eigenvalue weighted by Gasteiger charge is 2.10. The topological polar surface area (TPSA) is 42.2 Å². The van der Waals surface area contributed by atoms with Crippen LogP contribution in [0.3, 0.4) is 0 Å². The smallest absolute Gasteiger partial charge is 0.161 e. The molecule has 0 saturated heterocycles. The third-order valence-electron chi connectivity index (χ3n) is 4.12. The summed E-state index contributed by atoms with van der Waals surface area (Å²) in [5.74, 6) is 0.653. The zero-order valence-electron chi connectivity index (χ0n) is 15.2. The number of hydrogen-bond acceptors (Lipinski definition) is 3. The maximum absolute atomic E-state index is 13.8. The van der Waals surface area contributed by atoms with Crippen molar-refractivity contribution in [3.63, 3.8) is 0 Å². The van der Waals surface area contributed by atoms with E-state index >= 15 is 0 Å². The van der Waals surface area contributed by atoms with E-state index in [0.717, 1.165) is 5.56 Å². The van der Waals surface area contributed by atoms with E-state index in [0.29, 0.717) is 33.2 Å². The molecule has 0 fully saturated rings. The summed E-state index contributed by atoms with van der Waals surface area (Å²) in [5.41, 5.74) is 2.31. The van der Waals surface area contributed by atoms with Crippen LogP contribution < -0.4 is 9.47 Å². The Bertz CT molecular complexity index is 1060. The zero-order valence-corrected chi connectivity index (χ0v) is 15.9. The lowest BCUT2D eigenvalue weighted by molar-refractivity contribution is 0.279. The molecule has 140 valence electrons. The fourth-order valence-corrected chi connectivity index (χ4v) is 2.92. The number of benzene rings is 3. The minimum absolute atomic E-state index is 0.0846. The molecular formula is C23H17ClFNO2. The quantitative estimate of drug-likeness (QED) is 0.373. The Labute approximate surface area is 168 Å². The summed E-state index contributed by atoms with van der Waals surface area (Å²) < 4.78 is 24.9. The molecule has 3 nitrogen and oxygen atoms in total. The second-order valence-corrected chi connectivity index (χ2v) is 6.35. The van der Waals surface area contributed by atoms with Crippen LogP contribution in [0.2, 0.25) is 5.02 Å². The van der Waals surface area contributed by atoms with Gasteiger partial charge in [-0.15, -0.1) is 0 Å². The lowest BCUT2D eigenvalue weighted by Crippen LogP contribution is -2.00. The Morgan fingerprint density at radius 1 is 1.07 bits per heavy atom. The fourth-order valence-electron chi connectivity index (χ4n) is 2.68. The van der Waals surface area contributed by atoms with Crippen LogP contribution in [-0.4, -0.2) is 7.11 Å².